The number of H-pyrrole nitrogens is 1. The van der Waals surface area contributed by atoms with E-state index in [1.165, 1.54) is 6.42 Å². The highest BCUT2D eigenvalue weighted by Gasteiger charge is 2.53. The first kappa shape index (κ1) is 27.3. The van der Waals surface area contributed by atoms with E-state index in [0.29, 0.717) is 25.1 Å². The molecule has 1 aromatic carbocycles. The van der Waals surface area contributed by atoms with Crippen LogP contribution in [0.15, 0.2) is 24.4 Å². The number of rotatable bonds is 7. The molecule has 3 heterocycles. The first-order chi connectivity index (χ1) is 19.7. The highest BCUT2D eigenvalue weighted by molar-refractivity contribution is 5.94. The lowest BCUT2D eigenvalue weighted by atomic mass is 9.83. The van der Waals surface area contributed by atoms with E-state index in [0.717, 1.165) is 53.7 Å². The van der Waals surface area contributed by atoms with Gasteiger partial charge in [-0.25, -0.2) is 9.78 Å². The van der Waals surface area contributed by atoms with Gasteiger partial charge in [0.05, 0.1) is 23.1 Å². The van der Waals surface area contributed by atoms with Gasteiger partial charge in [0.25, 0.3) is 5.91 Å². The summed E-state index contributed by atoms with van der Waals surface area (Å²) in [6.07, 6.45) is 8.06. The van der Waals surface area contributed by atoms with E-state index in [1.54, 1.807) is 35.9 Å². The number of urea groups is 1. The van der Waals surface area contributed by atoms with E-state index in [4.69, 9.17) is 4.98 Å². The molecular weight excluding hydrogens is 520 g/mol. The molecule has 2 fully saturated rings. The number of aromatic amines is 1. The first-order valence-corrected chi connectivity index (χ1v) is 14.8. The fraction of sp³-hybridized carbons (Fsp3) is 0.567. The van der Waals surface area contributed by atoms with E-state index >= 15 is 0 Å². The molecule has 3 aromatic rings. The minimum Gasteiger partial charge on any atom is -0.357 e. The summed E-state index contributed by atoms with van der Waals surface area (Å²) in [5.74, 6) is 0.994. The van der Waals surface area contributed by atoms with Gasteiger partial charge in [-0.2, -0.15) is 5.10 Å². The van der Waals surface area contributed by atoms with E-state index in [9.17, 15) is 14.4 Å². The molecule has 0 bridgehead atoms. The summed E-state index contributed by atoms with van der Waals surface area (Å²) in [6.45, 7) is 4.66. The average Bonchev–Trinajstić information content (AvgIpc) is 3.74. The number of amides is 4. The predicted octanol–water partition coefficient (Wildman–Crippen LogP) is 2.98. The second kappa shape index (κ2) is 10.5. The third kappa shape index (κ3) is 4.74. The molecule has 1 aliphatic heterocycles. The molecule has 4 amide bonds. The summed E-state index contributed by atoms with van der Waals surface area (Å²) in [4.78, 5) is 49.9. The topological polar surface area (TPSA) is 137 Å². The standard InChI is InChI=1S/C30H40N8O3/c1-17(2)23-16-38(29(41)35-23)30(28(40)31-3)14-19-12-21-22(13-20(19)15-30)34-26(33-21)25(18-8-6-5-7-9-18)36-27(39)24-10-11-32-37(24)4/h10-13,17-18,23,25H,5-9,14-16H2,1-4H3,(H,31,40)(H,33,34)(H,35,41)(H,36,39)/t23?,25-/m0/s1. The molecule has 6 rings (SSSR count). The maximum Gasteiger partial charge on any atom is 0.318 e. The van der Waals surface area contributed by atoms with Crippen molar-refractivity contribution in [3.05, 3.63) is 47.0 Å². The first-order valence-electron chi connectivity index (χ1n) is 14.8. The van der Waals surface area contributed by atoms with Crippen LogP contribution in [0.5, 0.6) is 0 Å². The number of imidazole rings is 1. The van der Waals surface area contributed by atoms with Gasteiger partial charge in [-0.15, -0.1) is 0 Å². The smallest absolute Gasteiger partial charge is 0.318 e. The van der Waals surface area contributed by atoms with Crippen molar-refractivity contribution < 1.29 is 14.4 Å². The van der Waals surface area contributed by atoms with Gasteiger partial charge in [0.1, 0.15) is 17.1 Å². The van der Waals surface area contributed by atoms with Crippen molar-refractivity contribution in [2.75, 3.05) is 13.6 Å². The Bertz CT molecular complexity index is 1440. The number of nitrogens with one attached hydrogen (secondary N) is 4. The number of aromatic nitrogens is 4. The number of nitrogens with zero attached hydrogens (tertiary/aromatic N) is 4. The van der Waals surface area contributed by atoms with Gasteiger partial charge in [-0.1, -0.05) is 33.1 Å². The Morgan fingerprint density at radius 2 is 1.85 bits per heavy atom. The third-order valence-electron chi connectivity index (χ3n) is 9.45. The lowest BCUT2D eigenvalue weighted by molar-refractivity contribution is -0.130. The Balaban J connectivity index is 1.32. The lowest BCUT2D eigenvalue weighted by Crippen LogP contribution is -2.60. The number of carbonyl (C=O) groups is 3. The van der Waals surface area contributed by atoms with Gasteiger partial charge in [-0.3, -0.25) is 14.3 Å². The average molecular weight is 561 g/mol. The summed E-state index contributed by atoms with van der Waals surface area (Å²) in [7, 11) is 3.39. The quantitative estimate of drug-likeness (QED) is 0.352. The highest BCUT2D eigenvalue weighted by atomic mass is 16.2. The maximum atomic E-state index is 13.4. The van der Waals surface area contributed by atoms with E-state index < -0.39 is 5.54 Å². The van der Waals surface area contributed by atoms with Crippen LogP contribution in [0.1, 0.15) is 79.4 Å². The van der Waals surface area contributed by atoms with Crippen molar-refractivity contribution in [2.45, 2.75) is 76.4 Å². The van der Waals surface area contributed by atoms with Gasteiger partial charge < -0.3 is 25.8 Å². The molecule has 3 atom stereocenters. The number of hydrogen-bond donors (Lipinski definition) is 4. The van der Waals surface area contributed by atoms with Gasteiger partial charge in [0.15, 0.2) is 0 Å². The minimum atomic E-state index is -0.978. The largest absolute Gasteiger partial charge is 0.357 e. The van der Waals surface area contributed by atoms with Crippen LogP contribution >= 0.6 is 0 Å². The maximum absolute atomic E-state index is 13.4. The third-order valence-corrected chi connectivity index (χ3v) is 9.45. The molecule has 2 aromatic heterocycles. The van der Waals surface area contributed by atoms with E-state index in [2.05, 4.69) is 45.9 Å². The molecule has 11 nitrogen and oxygen atoms in total. The predicted molar refractivity (Wildman–Crippen MR) is 154 cm³/mol. The monoisotopic (exact) mass is 560 g/mol. The van der Waals surface area contributed by atoms with Gasteiger partial charge in [-0.05, 0) is 54.0 Å². The number of likely N-dealkylation sites (N-methyl/N-ethyl adjacent to an activating group) is 1. The van der Waals surface area contributed by atoms with Gasteiger partial charge in [0.2, 0.25) is 5.91 Å². The second-order valence-corrected chi connectivity index (χ2v) is 12.3. The van der Waals surface area contributed by atoms with Crippen LogP contribution in [0, 0.1) is 11.8 Å². The van der Waals surface area contributed by atoms with Crippen molar-refractivity contribution >= 4 is 28.9 Å². The number of hydrogen-bond acceptors (Lipinski definition) is 5. The number of fused-ring (bicyclic) bond motifs is 2. The number of aryl methyl sites for hydroxylation is 1. The summed E-state index contributed by atoms with van der Waals surface area (Å²) in [6, 6.07) is 5.41. The molecule has 4 N–H and O–H groups in total. The Morgan fingerprint density at radius 1 is 1.12 bits per heavy atom. The van der Waals surface area contributed by atoms with E-state index in [-0.39, 0.29) is 41.8 Å². The molecule has 1 saturated heterocycles. The molecule has 2 unspecified atom stereocenters. The van der Waals surface area contributed by atoms with Crippen LogP contribution < -0.4 is 16.0 Å². The van der Waals surface area contributed by atoms with Gasteiger partial charge >= 0.3 is 6.03 Å². The van der Waals surface area contributed by atoms with Crippen LogP contribution in [-0.2, 0) is 24.7 Å². The van der Waals surface area contributed by atoms with Gasteiger partial charge in [0, 0.05) is 39.7 Å². The normalized spacial score (nSPS) is 21.2. The van der Waals surface area contributed by atoms with Crippen LogP contribution in [0.3, 0.4) is 0 Å². The fourth-order valence-corrected chi connectivity index (χ4v) is 7.04. The van der Waals surface area contributed by atoms with Crippen LogP contribution in [0.2, 0.25) is 0 Å². The molecule has 0 radical (unpaired) electrons. The lowest BCUT2D eigenvalue weighted by Gasteiger charge is -2.36. The fourth-order valence-electron chi connectivity index (χ4n) is 7.04. The Kier molecular flexibility index (Phi) is 6.99. The highest BCUT2D eigenvalue weighted by Crippen LogP contribution is 2.40. The van der Waals surface area contributed by atoms with Crippen LogP contribution in [0.25, 0.3) is 11.0 Å². The minimum absolute atomic E-state index is 0.00449. The van der Waals surface area contributed by atoms with E-state index in [1.807, 2.05) is 6.07 Å². The van der Waals surface area contributed by atoms with Crippen LogP contribution in [-0.4, -0.2) is 67.7 Å². The molecule has 218 valence electrons. The molecule has 3 aliphatic rings. The summed E-state index contributed by atoms with van der Waals surface area (Å²) < 4.78 is 1.58. The summed E-state index contributed by atoms with van der Waals surface area (Å²) in [5.41, 5.74) is 3.25. The SMILES string of the molecule is CNC(=O)C1(N2CC(C(C)C)NC2=O)Cc2cc3nc([C@@H](NC(=O)c4ccnn4C)C4CCCCC4)[nH]c3cc2C1. The molecule has 11 heteroatoms. The molecule has 0 spiro atoms. The van der Waals surface area contributed by atoms with Crippen molar-refractivity contribution in [3.8, 4) is 0 Å². The number of benzene rings is 1. The van der Waals surface area contributed by atoms with Crippen molar-refractivity contribution in [3.63, 3.8) is 0 Å². The second-order valence-electron chi connectivity index (χ2n) is 12.3. The zero-order valence-electron chi connectivity index (χ0n) is 24.3. The molecule has 41 heavy (non-hydrogen) atoms. The summed E-state index contributed by atoms with van der Waals surface area (Å²) >= 11 is 0. The Hall–Kier alpha value is -3.89. The molecule has 2 aliphatic carbocycles. The zero-order valence-corrected chi connectivity index (χ0v) is 24.3. The summed E-state index contributed by atoms with van der Waals surface area (Å²) in [5, 5.41) is 13.3. The Morgan fingerprint density at radius 3 is 2.49 bits per heavy atom. The van der Waals surface area contributed by atoms with Crippen molar-refractivity contribution in [1.29, 1.82) is 0 Å². The number of carbonyl (C=O) groups excluding carboxylic acids is 3. The molecular formula is C30H40N8O3. The Labute approximate surface area is 239 Å². The zero-order chi connectivity index (χ0) is 28.9. The molecule has 1 saturated carbocycles. The van der Waals surface area contributed by atoms with Crippen molar-refractivity contribution in [1.82, 2.24) is 40.6 Å². The van der Waals surface area contributed by atoms with Crippen molar-refractivity contribution in [2.24, 2.45) is 18.9 Å². The van der Waals surface area contributed by atoms with Crippen LogP contribution in [0.4, 0.5) is 4.79 Å².